The fourth-order valence-corrected chi connectivity index (χ4v) is 3.66. The number of nitrogens with zero attached hydrogens (tertiary/aromatic N) is 3. The summed E-state index contributed by atoms with van der Waals surface area (Å²) in [7, 11) is 6.86. The predicted molar refractivity (Wildman–Crippen MR) is 116 cm³/mol. The number of carbonyl (C=O) groups excluding carboxylic acids is 2. The summed E-state index contributed by atoms with van der Waals surface area (Å²) in [6, 6.07) is 9.39. The van der Waals surface area contributed by atoms with Crippen molar-refractivity contribution in [2.45, 2.75) is 12.5 Å². The Morgan fingerprint density at radius 2 is 1.94 bits per heavy atom. The number of aromatic nitrogens is 1. The zero-order chi connectivity index (χ0) is 22.5. The lowest BCUT2D eigenvalue weighted by atomic mass is 9.97. The van der Waals surface area contributed by atoms with Gasteiger partial charge in [-0.3, -0.25) is 14.6 Å². The topological polar surface area (TPSA) is 92.2 Å². The van der Waals surface area contributed by atoms with Crippen LogP contribution in [0.4, 0.5) is 0 Å². The van der Waals surface area contributed by atoms with Crippen LogP contribution in [0.2, 0.25) is 0 Å². The number of ketones is 1. The second kappa shape index (κ2) is 9.61. The highest BCUT2D eigenvalue weighted by atomic mass is 16.5. The van der Waals surface area contributed by atoms with Gasteiger partial charge in [-0.1, -0.05) is 6.07 Å². The normalized spacial score (nSPS) is 18.0. The minimum Gasteiger partial charge on any atom is -0.507 e. The van der Waals surface area contributed by atoms with E-state index >= 15 is 0 Å². The molecule has 1 amide bonds. The first-order valence-electron chi connectivity index (χ1n) is 9.95. The van der Waals surface area contributed by atoms with Crippen LogP contribution >= 0.6 is 0 Å². The SMILES string of the molecule is COc1ccc(OC)c(/C(O)=C2\C(=O)C(=O)N(CCCN(C)C)C2c2ccccn2)c1. The summed E-state index contributed by atoms with van der Waals surface area (Å²) in [5, 5.41) is 11.2. The third-order valence-electron chi connectivity index (χ3n) is 5.17. The molecule has 8 heteroatoms. The van der Waals surface area contributed by atoms with E-state index in [2.05, 4.69) is 4.98 Å². The molecule has 0 saturated carbocycles. The molecule has 0 radical (unpaired) electrons. The van der Waals surface area contributed by atoms with Gasteiger partial charge in [0.2, 0.25) is 0 Å². The lowest BCUT2D eigenvalue weighted by Gasteiger charge is -2.25. The Balaban J connectivity index is 2.14. The number of benzene rings is 1. The van der Waals surface area contributed by atoms with Gasteiger partial charge < -0.3 is 24.4 Å². The molecule has 0 spiro atoms. The van der Waals surface area contributed by atoms with Gasteiger partial charge in [-0.25, -0.2) is 0 Å². The van der Waals surface area contributed by atoms with Gasteiger partial charge >= 0.3 is 0 Å². The molecule has 1 aromatic heterocycles. The predicted octanol–water partition coefficient (Wildman–Crippen LogP) is 2.47. The number of amides is 1. The van der Waals surface area contributed by atoms with Crippen molar-refractivity contribution < 1.29 is 24.2 Å². The van der Waals surface area contributed by atoms with E-state index in [-0.39, 0.29) is 16.9 Å². The van der Waals surface area contributed by atoms with Crippen LogP contribution in [-0.4, -0.2) is 73.0 Å². The highest BCUT2D eigenvalue weighted by molar-refractivity contribution is 6.46. The van der Waals surface area contributed by atoms with Crippen LogP contribution in [0.25, 0.3) is 5.76 Å². The molecule has 0 aliphatic carbocycles. The minimum atomic E-state index is -0.792. The van der Waals surface area contributed by atoms with Gasteiger partial charge in [0.15, 0.2) is 0 Å². The van der Waals surface area contributed by atoms with E-state index in [0.29, 0.717) is 30.2 Å². The molecule has 2 heterocycles. The maximum Gasteiger partial charge on any atom is 0.295 e. The number of pyridine rings is 1. The average molecular weight is 425 g/mol. The molecule has 164 valence electrons. The molecule has 1 unspecified atom stereocenters. The number of likely N-dealkylation sites (tertiary alicyclic amines) is 1. The van der Waals surface area contributed by atoms with E-state index in [4.69, 9.17) is 9.47 Å². The molecular weight excluding hydrogens is 398 g/mol. The molecular formula is C23H27N3O5. The Kier molecular flexibility index (Phi) is 6.91. The number of aliphatic hydroxyl groups is 1. The largest absolute Gasteiger partial charge is 0.507 e. The number of methoxy groups -OCH3 is 2. The molecule has 1 saturated heterocycles. The molecule has 8 nitrogen and oxygen atoms in total. The number of rotatable bonds is 8. The summed E-state index contributed by atoms with van der Waals surface area (Å²) in [6.07, 6.45) is 2.27. The number of hydrogen-bond acceptors (Lipinski definition) is 7. The zero-order valence-corrected chi connectivity index (χ0v) is 18.2. The van der Waals surface area contributed by atoms with Crippen molar-refractivity contribution in [2.24, 2.45) is 0 Å². The highest BCUT2D eigenvalue weighted by Gasteiger charge is 2.46. The van der Waals surface area contributed by atoms with E-state index < -0.39 is 17.7 Å². The van der Waals surface area contributed by atoms with Gasteiger partial charge in [0, 0.05) is 12.7 Å². The molecule has 0 bridgehead atoms. The molecule has 2 aromatic rings. The molecule has 3 rings (SSSR count). The van der Waals surface area contributed by atoms with Gasteiger partial charge in [-0.05, 0) is 57.4 Å². The van der Waals surface area contributed by atoms with Crippen LogP contribution < -0.4 is 9.47 Å². The van der Waals surface area contributed by atoms with Crippen LogP contribution in [0, 0.1) is 0 Å². The summed E-state index contributed by atoms with van der Waals surface area (Å²) in [6.45, 7) is 1.11. The Labute approximate surface area is 181 Å². The quantitative estimate of drug-likeness (QED) is 0.395. The van der Waals surface area contributed by atoms with Gasteiger partial charge in [-0.2, -0.15) is 0 Å². The van der Waals surface area contributed by atoms with Crippen molar-refractivity contribution in [3.63, 3.8) is 0 Å². The lowest BCUT2D eigenvalue weighted by molar-refractivity contribution is -0.140. The monoisotopic (exact) mass is 425 g/mol. The summed E-state index contributed by atoms with van der Waals surface area (Å²) < 4.78 is 10.6. The van der Waals surface area contributed by atoms with E-state index in [1.165, 1.54) is 19.1 Å². The first kappa shape index (κ1) is 22.3. The lowest BCUT2D eigenvalue weighted by Crippen LogP contribution is -2.32. The molecule has 1 aliphatic heterocycles. The van der Waals surface area contributed by atoms with E-state index in [1.54, 1.807) is 42.6 Å². The first-order valence-corrected chi connectivity index (χ1v) is 9.95. The van der Waals surface area contributed by atoms with E-state index in [1.807, 2.05) is 19.0 Å². The van der Waals surface area contributed by atoms with Crippen LogP contribution in [0.3, 0.4) is 0 Å². The zero-order valence-electron chi connectivity index (χ0n) is 18.2. The molecule has 1 fully saturated rings. The molecule has 1 aromatic carbocycles. The maximum absolute atomic E-state index is 13.0. The van der Waals surface area contributed by atoms with Crippen LogP contribution in [0.15, 0.2) is 48.2 Å². The third kappa shape index (κ3) is 4.54. The van der Waals surface area contributed by atoms with Gasteiger partial charge in [0.25, 0.3) is 11.7 Å². The Bertz CT molecular complexity index is 988. The summed E-state index contributed by atoms with van der Waals surface area (Å²) >= 11 is 0. The van der Waals surface area contributed by atoms with Crippen molar-refractivity contribution in [1.29, 1.82) is 0 Å². The van der Waals surface area contributed by atoms with Crippen molar-refractivity contribution in [3.05, 3.63) is 59.4 Å². The van der Waals surface area contributed by atoms with Gasteiger partial charge in [-0.15, -0.1) is 0 Å². The Hall–Kier alpha value is -3.39. The van der Waals surface area contributed by atoms with Gasteiger partial charge in [0.1, 0.15) is 23.3 Å². The van der Waals surface area contributed by atoms with Crippen LogP contribution in [0.5, 0.6) is 11.5 Å². The first-order chi connectivity index (χ1) is 14.9. The fourth-order valence-electron chi connectivity index (χ4n) is 3.66. The van der Waals surface area contributed by atoms with E-state index in [9.17, 15) is 14.7 Å². The van der Waals surface area contributed by atoms with Crippen LogP contribution in [0.1, 0.15) is 23.7 Å². The third-order valence-corrected chi connectivity index (χ3v) is 5.17. The van der Waals surface area contributed by atoms with Gasteiger partial charge in [0.05, 0.1) is 31.1 Å². The van der Waals surface area contributed by atoms with Crippen molar-refractivity contribution in [2.75, 3.05) is 41.4 Å². The molecule has 31 heavy (non-hydrogen) atoms. The van der Waals surface area contributed by atoms with Crippen molar-refractivity contribution in [1.82, 2.24) is 14.8 Å². The standard InChI is InChI=1S/C23H27N3O5/c1-25(2)12-7-13-26-20(17-8-5-6-11-24-17)19(22(28)23(26)29)21(27)16-14-15(30-3)9-10-18(16)31-4/h5-6,8-11,14,20,27H,7,12-13H2,1-4H3/b21-19+. The number of ether oxygens (including phenoxy) is 2. The summed E-state index contributed by atoms with van der Waals surface area (Å²) in [5.41, 5.74) is 0.768. The average Bonchev–Trinajstić information content (AvgIpc) is 3.03. The molecule has 1 aliphatic rings. The highest BCUT2D eigenvalue weighted by Crippen LogP contribution is 2.41. The summed E-state index contributed by atoms with van der Waals surface area (Å²) in [4.78, 5) is 33.8. The maximum atomic E-state index is 13.0. The smallest absolute Gasteiger partial charge is 0.295 e. The number of hydrogen-bond donors (Lipinski definition) is 1. The molecule has 1 N–H and O–H groups in total. The second-order valence-corrected chi connectivity index (χ2v) is 7.47. The van der Waals surface area contributed by atoms with Crippen LogP contribution in [-0.2, 0) is 9.59 Å². The number of Topliss-reactive ketones (excluding diaryl/α,β-unsaturated/α-hetero) is 1. The van der Waals surface area contributed by atoms with E-state index in [0.717, 1.165) is 6.54 Å². The summed E-state index contributed by atoms with van der Waals surface area (Å²) in [5.74, 6) is -0.880. The Morgan fingerprint density at radius 3 is 2.55 bits per heavy atom. The van der Waals surface area contributed by atoms with Crippen molar-refractivity contribution in [3.8, 4) is 11.5 Å². The second-order valence-electron chi connectivity index (χ2n) is 7.47. The number of carbonyl (C=O) groups is 2. The molecule has 1 atom stereocenters. The van der Waals surface area contributed by atoms with Crippen molar-refractivity contribution >= 4 is 17.4 Å². The number of aliphatic hydroxyl groups excluding tert-OH is 1. The Morgan fingerprint density at radius 1 is 1.16 bits per heavy atom. The fraction of sp³-hybridized carbons (Fsp3) is 0.348. The minimum absolute atomic E-state index is 0.0138.